The van der Waals surface area contributed by atoms with Crippen LogP contribution in [0.3, 0.4) is 0 Å². The molecule has 2 rings (SSSR count). The van der Waals surface area contributed by atoms with Crippen LogP contribution in [0.2, 0.25) is 0 Å². The summed E-state index contributed by atoms with van der Waals surface area (Å²) in [5, 5.41) is 3.64. The van der Waals surface area contributed by atoms with E-state index in [0.29, 0.717) is 5.25 Å². The highest BCUT2D eigenvalue weighted by molar-refractivity contribution is 8.06. The standard InChI is InChI=1S/C12H22N2OS2.ClH/c13-12(4-2-1-3-5-12)11(15)14-8-10-9-16-6-7-17-10;/h10H,1-9,13H2,(H,14,15);1H. The molecule has 0 aromatic rings. The van der Waals surface area contributed by atoms with Crippen molar-refractivity contribution in [3.63, 3.8) is 0 Å². The Morgan fingerprint density at radius 3 is 2.61 bits per heavy atom. The summed E-state index contributed by atoms with van der Waals surface area (Å²) >= 11 is 3.96. The Balaban J connectivity index is 0.00000162. The Kier molecular flexibility index (Phi) is 7.21. The molecule has 1 aliphatic carbocycles. The van der Waals surface area contributed by atoms with Crippen molar-refractivity contribution < 1.29 is 4.79 Å². The number of hydrogen-bond acceptors (Lipinski definition) is 4. The van der Waals surface area contributed by atoms with E-state index < -0.39 is 5.54 Å². The van der Waals surface area contributed by atoms with E-state index in [1.807, 2.05) is 23.5 Å². The third kappa shape index (κ3) is 4.51. The number of carbonyl (C=O) groups excluding carboxylic acids is 1. The predicted molar refractivity (Wildman–Crippen MR) is 83.8 cm³/mol. The van der Waals surface area contributed by atoms with E-state index in [1.165, 1.54) is 17.9 Å². The van der Waals surface area contributed by atoms with Gasteiger partial charge in [-0.25, -0.2) is 0 Å². The van der Waals surface area contributed by atoms with Gasteiger partial charge in [0.15, 0.2) is 0 Å². The number of hydrogen-bond donors (Lipinski definition) is 2. The first-order valence-corrected chi connectivity index (χ1v) is 8.68. The normalized spacial score (nSPS) is 27.1. The molecule has 18 heavy (non-hydrogen) atoms. The summed E-state index contributed by atoms with van der Waals surface area (Å²) in [5.74, 6) is 3.69. The highest BCUT2D eigenvalue weighted by atomic mass is 35.5. The van der Waals surface area contributed by atoms with Gasteiger partial charge in [-0.1, -0.05) is 19.3 Å². The van der Waals surface area contributed by atoms with E-state index in [2.05, 4.69) is 5.32 Å². The average Bonchev–Trinajstić information content (AvgIpc) is 2.38. The molecule has 2 aliphatic rings. The fourth-order valence-electron chi connectivity index (χ4n) is 2.45. The summed E-state index contributed by atoms with van der Waals surface area (Å²) in [6.45, 7) is 0.787. The molecule has 106 valence electrons. The molecule has 6 heteroatoms. The Morgan fingerprint density at radius 2 is 2.00 bits per heavy atom. The Morgan fingerprint density at radius 1 is 1.28 bits per heavy atom. The smallest absolute Gasteiger partial charge is 0.240 e. The van der Waals surface area contributed by atoms with E-state index in [-0.39, 0.29) is 18.3 Å². The fourth-order valence-corrected chi connectivity index (χ4v) is 5.06. The van der Waals surface area contributed by atoms with E-state index in [9.17, 15) is 4.79 Å². The van der Waals surface area contributed by atoms with Crippen molar-refractivity contribution >= 4 is 41.8 Å². The monoisotopic (exact) mass is 310 g/mol. The minimum Gasteiger partial charge on any atom is -0.353 e. The zero-order valence-electron chi connectivity index (χ0n) is 10.7. The molecule has 1 aliphatic heterocycles. The molecule has 1 saturated heterocycles. The lowest BCUT2D eigenvalue weighted by atomic mass is 9.82. The topological polar surface area (TPSA) is 55.1 Å². The van der Waals surface area contributed by atoms with Crippen LogP contribution in [0.15, 0.2) is 0 Å². The van der Waals surface area contributed by atoms with E-state index in [1.54, 1.807) is 0 Å². The summed E-state index contributed by atoms with van der Waals surface area (Å²) in [6.07, 6.45) is 5.12. The molecule has 1 unspecified atom stereocenters. The predicted octanol–water partition coefficient (Wildman–Crippen LogP) is 2.03. The molecule has 0 aromatic carbocycles. The van der Waals surface area contributed by atoms with Crippen LogP contribution in [0.25, 0.3) is 0 Å². The molecule has 0 aromatic heterocycles. The van der Waals surface area contributed by atoms with Crippen LogP contribution in [0.5, 0.6) is 0 Å². The number of amides is 1. The zero-order valence-corrected chi connectivity index (χ0v) is 13.1. The van der Waals surface area contributed by atoms with Gasteiger partial charge in [0.25, 0.3) is 0 Å². The molecule has 3 N–H and O–H groups in total. The number of carbonyl (C=O) groups is 1. The van der Waals surface area contributed by atoms with Gasteiger partial charge in [-0.2, -0.15) is 23.5 Å². The SMILES string of the molecule is Cl.NC1(C(=O)NCC2CSCCS2)CCCCC1. The summed E-state index contributed by atoms with van der Waals surface area (Å²) in [4.78, 5) is 12.1. The highest BCUT2D eigenvalue weighted by Gasteiger charge is 2.35. The van der Waals surface area contributed by atoms with E-state index in [4.69, 9.17) is 5.73 Å². The van der Waals surface area contributed by atoms with Gasteiger partial charge in [-0.05, 0) is 12.8 Å². The van der Waals surface area contributed by atoms with Crippen LogP contribution in [-0.4, -0.2) is 40.5 Å². The number of nitrogens with two attached hydrogens (primary N) is 1. The van der Waals surface area contributed by atoms with Crippen molar-refractivity contribution in [2.45, 2.75) is 42.9 Å². The second-order valence-electron chi connectivity index (χ2n) is 4.99. The molecule has 1 saturated carbocycles. The van der Waals surface area contributed by atoms with Crippen LogP contribution < -0.4 is 11.1 Å². The number of halogens is 1. The first kappa shape index (κ1) is 16.5. The maximum absolute atomic E-state index is 12.1. The largest absolute Gasteiger partial charge is 0.353 e. The molecular formula is C12H23ClN2OS2. The fraction of sp³-hybridized carbons (Fsp3) is 0.917. The third-order valence-corrected chi connectivity index (χ3v) is 6.42. The minimum atomic E-state index is -0.579. The van der Waals surface area contributed by atoms with Gasteiger partial charge in [-0.15, -0.1) is 12.4 Å². The summed E-state index contributed by atoms with van der Waals surface area (Å²) in [7, 11) is 0. The van der Waals surface area contributed by atoms with Crippen molar-refractivity contribution in [3.8, 4) is 0 Å². The second-order valence-corrected chi connectivity index (χ2v) is 7.55. The van der Waals surface area contributed by atoms with Crippen molar-refractivity contribution in [1.29, 1.82) is 0 Å². The summed E-state index contributed by atoms with van der Waals surface area (Å²) in [6, 6.07) is 0. The van der Waals surface area contributed by atoms with Crippen molar-refractivity contribution in [2.75, 3.05) is 23.8 Å². The molecule has 1 atom stereocenters. The summed E-state index contributed by atoms with van der Waals surface area (Å²) < 4.78 is 0. The van der Waals surface area contributed by atoms with Crippen molar-refractivity contribution in [3.05, 3.63) is 0 Å². The Bertz CT molecular complexity index is 267. The molecular weight excluding hydrogens is 288 g/mol. The van der Waals surface area contributed by atoms with Crippen molar-refractivity contribution in [1.82, 2.24) is 5.32 Å². The molecule has 3 nitrogen and oxygen atoms in total. The molecule has 0 radical (unpaired) electrons. The van der Waals surface area contributed by atoms with Crippen molar-refractivity contribution in [2.24, 2.45) is 5.73 Å². The van der Waals surface area contributed by atoms with Gasteiger partial charge in [0.05, 0.1) is 5.54 Å². The summed E-state index contributed by atoms with van der Waals surface area (Å²) in [5.41, 5.74) is 5.62. The lowest BCUT2D eigenvalue weighted by Crippen LogP contribution is -2.56. The van der Waals surface area contributed by atoms with Gasteiger partial charge in [0, 0.05) is 29.1 Å². The minimum absolute atomic E-state index is 0. The first-order valence-electron chi connectivity index (χ1n) is 6.47. The molecule has 1 amide bonds. The maximum Gasteiger partial charge on any atom is 0.240 e. The van der Waals surface area contributed by atoms with Gasteiger partial charge in [0.2, 0.25) is 5.91 Å². The highest BCUT2D eigenvalue weighted by Crippen LogP contribution is 2.27. The van der Waals surface area contributed by atoms with Gasteiger partial charge >= 0.3 is 0 Å². The van der Waals surface area contributed by atoms with E-state index in [0.717, 1.165) is 38.0 Å². The second kappa shape index (κ2) is 7.88. The Labute approximate surface area is 124 Å². The van der Waals surface area contributed by atoms with Crippen LogP contribution in [0, 0.1) is 0 Å². The van der Waals surface area contributed by atoms with Crippen LogP contribution in [0.1, 0.15) is 32.1 Å². The lowest BCUT2D eigenvalue weighted by molar-refractivity contribution is -0.127. The van der Waals surface area contributed by atoms with Crippen LogP contribution in [-0.2, 0) is 4.79 Å². The quantitative estimate of drug-likeness (QED) is 0.837. The van der Waals surface area contributed by atoms with Gasteiger partial charge in [0.1, 0.15) is 0 Å². The third-order valence-electron chi connectivity index (χ3n) is 3.57. The molecule has 0 bridgehead atoms. The van der Waals surface area contributed by atoms with Crippen LogP contribution in [0.4, 0.5) is 0 Å². The van der Waals surface area contributed by atoms with Gasteiger partial charge in [-0.3, -0.25) is 4.79 Å². The molecule has 1 heterocycles. The van der Waals surface area contributed by atoms with Gasteiger partial charge < -0.3 is 11.1 Å². The number of thioether (sulfide) groups is 2. The maximum atomic E-state index is 12.1. The first-order chi connectivity index (χ1) is 8.21. The Hall–Kier alpha value is 0.420. The van der Waals surface area contributed by atoms with Crippen LogP contribution >= 0.6 is 35.9 Å². The average molecular weight is 311 g/mol. The number of nitrogens with one attached hydrogen (secondary N) is 1. The van der Waals surface area contributed by atoms with E-state index >= 15 is 0 Å². The number of rotatable bonds is 3. The molecule has 2 fully saturated rings. The lowest BCUT2D eigenvalue weighted by Gasteiger charge is -2.32. The molecule has 0 spiro atoms. The zero-order chi connectivity index (χ0) is 12.1.